The van der Waals surface area contributed by atoms with Crippen molar-refractivity contribution in [1.29, 1.82) is 0 Å². The predicted octanol–water partition coefficient (Wildman–Crippen LogP) is 2.93. The number of hydrogen-bond acceptors (Lipinski definition) is 7. The number of rotatable bonds is 9. The fraction of sp³-hybridized carbons (Fsp3) is 0.455. The van der Waals surface area contributed by atoms with Crippen molar-refractivity contribution in [3.05, 3.63) is 42.1 Å². The number of amides is 1. The third kappa shape index (κ3) is 5.37. The average molecular weight is 464 g/mol. The number of carbonyl (C=O) groups excluding carboxylic acids is 1. The van der Waals surface area contributed by atoms with Gasteiger partial charge in [-0.2, -0.15) is 4.31 Å². The summed E-state index contributed by atoms with van der Waals surface area (Å²) in [5.74, 6) is -0.0360. The molecule has 1 unspecified atom stereocenters. The van der Waals surface area contributed by atoms with E-state index in [0.29, 0.717) is 18.8 Å². The van der Waals surface area contributed by atoms with E-state index in [9.17, 15) is 13.2 Å². The quantitative estimate of drug-likeness (QED) is 0.570. The molecule has 1 aromatic carbocycles. The molecule has 1 N–H and O–H groups in total. The van der Waals surface area contributed by atoms with Crippen LogP contribution in [0, 0.1) is 0 Å². The van der Waals surface area contributed by atoms with Gasteiger partial charge in [0.05, 0.1) is 13.7 Å². The van der Waals surface area contributed by atoms with Crippen molar-refractivity contribution in [2.45, 2.75) is 37.1 Å². The minimum atomic E-state index is -3.83. The fourth-order valence-corrected chi connectivity index (χ4v) is 5.47. The molecule has 2 heterocycles. The summed E-state index contributed by atoms with van der Waals surface area (Å²) >= 11 is 0. The summed E-state index contributed by atoms with van der Waals surface area (Å²) in [6, 6.07) is 7.58. The topological polar surface area (TPSA) is 107 Å². The number of methoxy groups -OCH3 is 2. The van der Waals surface area contributed by atoms with Gasteiger partial charge in [-0.05, 0) is 50.1 Å². The van der Waals surface area contributed by atoms with Crippen LogP contribution in [-0.2, 0) is 14.8 Å². The molecule has 9 nitrogen and oxygen atoms in total. The Kier molecular flexibility index (Phi) is 8.05. The number of pyridine rings is 1. The Hall–Kier alpha value is -2.69. The van der Waals surface area contributed by atoms with Crippen LogP contribution >= 0.6 is 0 Å². The maximum atomic E-state index is 13.4. The van der Waals surface area contributed by atoms with Crippen LogP contribution in [0.2, 0.25) is 0 Å². The largest absolute Gasteiger partial charge is 0.495 e. The summed E-state index contributed by atoms with van der Waals surface area (Å²) in [6.07, 6.45) is 4.15. The molecule has 1 saturated heterocycles. The van der Waals surface area contributed by atoms with Gasteiger partial charge < -0.3 is 19.5 Å². The van der Waals surface area contributed by atoms with Gasteiger partial charge in [-0.1, -0.05) is 6.42 Å². The molecule has 0 bridgehead atoms. The van der Waals surface area contributed by atoms with Crippen molar-refractivity contribution in [2.75, 3.05) is 39.3 Å². The van der Waals surface area contributed by atoms with Gasteiger partial charge in [0.2, 0.25) is 15.9 Å². The number of piperidine rings is 1. The lowest BCUT2D eigenvalue weighted by Crippen LogP contribution is -2.42. The first-order valence-corrected chi connectivity index (χ1v) is 11.9. The lowest BCUT2D eigenvalue weighted by Gasteiger charge is -2.32. The highest BCUT2D eigenvalue weighted by atomic mass is 32.2. The molecule has 1 aliphatic heterocycles. The molecule has 32 heavy (non-hydrogen) atoms. The second-order valence-corrected chi connectivity index (χ2v) is 9.34. The molecule has 1 aliphatic rings. The first kappa shape index (κ1) is 24.0. The van der Waals surface area contributed by atoms with E-state index < -0.39 is 15.9 Å². The van der Waals surface area contributed by atoms with Gasteiger partial charge in [0.1, 0.15) is 22.9 Å². The van der Waals surface area contributed by atoms with E-state index in [1.807, 2.05) is 6.92 Å². The van der Waals surface area contributed by atoms with E-state index >= 15 is 0 Å². The molecule has 174 valence electrons. The number of hydrogen-bond donors (Lipinski definition) is 1. The second kappa shape index (κ2) is 10.8. The van der Waals surface area contributed by atoms with Gasteiger partial charge in [-0.15, -0.1) is 0 Å². The number of nitrogens with one attached hydrogen (secondary N) is 1. The molecule has 0 saturated carbocycles. The van der Waals surface area contributed by atoms with E-state index in [2.05, 4.69) is 10.3 Å². The lowest BCUT2D eigenvalue weighted by molar-refractivity contribution is 0.102. The Morgan fingerprint density at radius 3 is 2.75 bits per heavy atom. The van der Waals surface area contributed by atoms with Gasteiger partial charge in [0.25, 0.3) is 5.91 Å². The van der Waals surface area contributed by atoms with Crippen LogP contribution in [0.25, 0.3) is 0 Å². The number of aromatic nitrogens is 1. The summed E-state index contributed by atoms with van der Waals surface area (Å²) in [5.41, 5.74) is 0.555. The molecule has 10 heteroatoms. The minimum Gasteiger partial charge on any atom is -0.495 e. The number of benzene rings is 1. The van der Waals surface area contributed by atoms with E-state index in [0.717, 1.165) is 19.3 Å². The van der Waals surface area contributed by atoms with Gasteiger partial charge in [-0.25, -0.2) is 13.4 Å². The summed E-state index contributed by atoms with van der Waals surface area (Å²) in [6.45, 7) is 2.99. The average Bonchev–Trinajstić information content (AvgIpc) is 2.80. The number of nitrogens with zero attached hydrogens (tertiary/aromatic N) is 2. The number of ether oxygens (including phenoxy) is 3. The van der Waals surface area contributed by atoms with Crippen LogP contribution in [0.4, 0.5) is 5.69 Å². The summed E-state index contributed by atoms with van der Waals surface area (Å²) in [4.78, 5) is 17.1. The zero-order valence-corrected chi connectivity index (χ0v) is 19.4. The van der Waals surface area contributed by atoms with E-state index in [-0.39, 0.29) is 34.7 Å². The van der Waals surface area contributed by atoms with Crippen LogP contribution in [0.5, 0.6) is 11.6 Å². The Morgan fingerprint density at radius 2 is 2.03 bits per heavy atom. The molecular weight excluding hydrogens is 434 g/mol. The SMILES string of the molecule is COCCOc1ncccc1NC(=O)c1ccc(OC)c(S(=O)(=O)N2CCCCC2C)c1. The molecule has 1 amide bonds. The molecule has 3 rings (SSSR count). The fourth-order valence-electron chi connectivity index (χ4n) is 3.59. The number of sulfonamides is 1. The van der Waals surface area contributed by atoms with E-state index in [1.165, 1.54) is 29.6 Å². The Bertz CT molecular complexity index is 1040. The summed E-state index contributed by atoms with van der Waals surface area (Å²) in [5, 5.41) is 2.74. The van der Waals surface area contributed by atoms with Gasteiger partial charge in [-0.3, -0.25) is 4.79 Å². The van der Waals surface area contributed by atoms with Crippen molar-refractivity contribution >= 4 is 21.6 Å². The highest BCUT2D eigenvalue weighted by molar-refractivity contribution is 7.89. The highest BCUT2D eigenvalue weighted by Gasteiger charge is 2.33. The molecular formula is C22H29N3O6S. The van der Waals surface area contributed by atoms with Gasteiger partial charge in [0.15, 0.2) is 0 Å². The molecule has 0 spiro atoms. The van der Waals surface area contributed by atoms with Crippen molar-refractivity contribution in [2.24, 2.45) is 0 Å². The molecule has 0 radical (unpaired) electrons. The molecule has 0 aliphatic carbocycles. The highest BCUT2D eigenvalue weighted by Crippen LogP contribution is 2.32. The maximum Gasteiger partial charge on any atom is 0.255 e. The van der Waals surface area contributed by atoms with Gasteiger partial charge in [0, 0.05) is 31.5 Å². The van der Waals surface area contributed by atoms with Crippen LogP contribution in [-0.4, -0.2) is 63.6 Å². The molecule has 1 atom stereocenters. The Morgan fingerprint density at radius 1 is 1.22 bits per heavy atom. The van der Waals surface area contributed by atoms with Crippen molar-refractivity contribution in [3.63, 3.8) is 0 Å². The van der Waals surface area contributed by atoms with Crippen LogP contribution in [0.1, 0.15) is 36.5 Å². The molecule has 2 aromatic rings. The normalized spacial score (nSPS) is 17.0. The van der Waals surface area contributed by atoms with Crippen LogP contribution in [0.3, 0.4) is 0 Å². The predicted molar refractivity (Wildman–Crippen MR) is 120 cm³/mol. The van der Waals surface area contributed by atoms with Crippen molar-refractivity contribution in [1.82, 2.24) is 9.29 Å². The van der Waals surface area contributed by atoms with E-state index in [1.54, 1.807) is 25.4 Å². The monoisotopic (exact) mass is 463 g/mol. The number of carbonyl (C=O) groups is 1. The standard InChI is InChI=1S/C22H29N3O6S/c1-16-7-4-5-12-25(16)32(27,28)20-15-17(9-10-19(20)30-3)21(26)24-18-8-6-11-23-22(18)31-14-13-29-2/h6,8-11,15-16H,4-5,7,12-14H2,1-3H3,(H,24,26). The third-order valence-corrected chi connectivity index (χ3v) is 7.33. The Balaban J connectivity index is 1.88. The summed E-state index contributed by atoms with van der Waals surface area (Å²) < 4.78 is 44.1. The van der Waals surface area contributed by atoms with Gasteiger partial charge >= 0.3 is 0 Å². The first-order chi connectivity index (χ1) is 15.4. The third-order valence-electron chi connectivity index (χ3n) is 5.30. The van der Waals surface area contributed by atoms with Crippen LogP contribution < -0.4 is 14.8 Å². The maximum absolute atomic E-state index is 13.4. The first-order valence-electron chi connectivity index (χ1n) is 10.5. The number of anilines is 1. The summed E-state index contributed by atoms with van der Waals surface area (Å²) in [7, 11) is -0.859. The van der Waals surface area contributed by atoms with E-state index in [4.69, 9.17) is 14.2 Å². The zero-order chi connectivity index (χ0) is 23.1. The lowest BCUT2D eigenvalue weighted by atomic mass is 10.1. The molecule has 1 aromatic heterocycles. The second-order valence-electron chi connectivity index (χ2n) is 7.48. The molecule has 1 fully saturated rings. The van der Waals surface area contributed by atoms with Crippen LogP contribution in [0.15, 0.2) is 41.4 Å². The van der Waals surface area contributed by atoms with Crippen molar-refractivity contribution in [3.8, 4) is 11.6 Å². The van der Waals surface area contributed by atoms with Crippen molar-refractivity contribution < 1.29 is 27.4 Å². The zero-order valence-electron chi connectivity index (χ0n) is 18.5. The Labute approximate surface area is 188 Å². The minimum absolute atomic E-state index is 0.0239. The smallest absolute Gasteiger partial charge is 0.255 e.